The summed E-state index contributed by atoms with van der Waals surface area (Å²) < 4.78 is 0. The molecule has 0 bridgehead atoms. The number of nitriles is 1. The number of pyridine rings is 1. The van der Waals surface area contributed by atoms with E-state index in [2.05, 4.69) is 17.5 Å². The van der Waals surface area contributed by atoms with E-state index in [9.17, 15) is 5.26 Å². The third-order valence-corrected chi connectivity index (χ3v) is 4.54. The standard InChI is InChI=1S/C18H23N3/c19-13-16-12-15-8-4-5-9-17(15)21-18(16)20-11-10-14-6-2-1-3-7-14/h6,12H,1-5,7-11H2,(H,20,21). The van der Waals surface area contributed by atoms with Crippen LogP contribution in [0.15, 0.2) is 17.7 Å². The van der Waals surface area contributed by atoms with Gasteiger partial charge in [0.2, 0.25) is 0 Å². The molecule has 1 aromatic rings. The number of allylic oxidation sites excluding steroid dienone is 1. The van der Waals surface area contributed by atoms with Crippen LogP contribution < -0.4 is 5.32 Å². The maximum atomic E-state index is 9.33. The molecular formula is C18H23N3. The Labute approximate surface area is 127 Å². The van der Waals surface area contributed by atoms with Crippen LogP contribution in [0.2, 0.25) is 0 Å². The van der Waals surface area contributed by atoms with E-state index in [-0.39, 0.29) is 0 Å². The zero-order valence-electron chi connectivity index (χ0n) is 12.6. The Morgan fingerprint density at radius 2 is 2.00 bits per heavy atom. The summed E-state index contributed by atoms with van der Waals surface area (Å²) >= 11 is 0. The molecule has 0 aromatic carbocycles. The Balaban J connectivity index is 1.66. The van der Waals surface area contributed by atoms with Gasteiger partial charge in [-0.05, 0) is 69.4 Å². The molecule has 2 aliphatic carbocycles. The van der Waals surface area contributed by atoms with E-state index < -0.39 is 0 Å². The van der Waals surface area contributed by atoms with Crippen molar-refractivity contribution < 1.29 is 0 Å². The molecule has 0 radical (unpaired) electrons. The van der Waals surface area contributed by atoms with Crippen molar-refractivity contribution in [2.45, 2.75) is 57.8 Å². The van der Waals surface area contributed by atoms with E-state index in [0.717, 1.165) is 31.6 Å². The highest BCUT2D eigenvalue weighted by molar-refractivity contribution is 5.54. The monoisotopic (exact) mass is 281 g/mol. The average Bonchev–Trinajstić information content (AvgIpc) is 2.55. The van der Waals surface area contributed by atoms with E-state index >= 15 is 0 Å². The van der Waals surface area contributed by atoms with Crippen molar-refractivity contribution in [1.29, 1.82) is 5.26 Å². The Kier molecular flexibility index (Phi) is 4.55. The molecule has 0 amide bonds. The van der Waals surface area contributed by atoms with E-state index in [1.54, 1.807) is 5.57 Å². The van der Waals surface area contributed by atoms with Crippen molar-refractivity contribution in [2.75, 3.05) is 11.9 Å². The quantitative estimate of drug-likeness (QED) is 0.844. The molecule has 1 aromatic heterocycles. The average molecular weight is 281 g/mol. The van der Waals surface area contributed by atoms with Gasteiger partial charge in [0.1, 0.15) is 11.9 Å². The van der Waals surface area contributed by atoms with Gasteiger partial charge >= 0.3 is 0 Å². The molecule has 0 spiro atoms. The smallest absolute Gasteiger partial charge is 0.144 e. The third-order valence-electron chi connectivity index (χ3n) is 4.54. The molecular weight excluding hydrogens is 258 g/mol. The van der Waals surface area contributed by atoms with E-state index in [1.807, 2.05) is 6.07 Å². The highest BCUT2D eigenvalue weighted by Gasteiger charge is 2.15. The number of nitrogens with zero attached hydrogens (tertiary/aromatic N) is 2. The van der Waals surface area contributed by atoms with Gasteiger partial charge in [-0.15, -0.1) is 0 Å². The Bertz CT molecular complexity index is 581. The highest BCUT2D eigenvalue weighted by Crippen LogP contribution is 2.25. The molecule has 3 nitrogen and oxygen atoms in total. The summed E-state index contributed by atoms with van der Waals surface area (Å²) in [4.78, 5) is 4.71. The van der Waals surface area contributed by atoms with Crippen molar-refractivity contribution in [3.63, 3.8) is 0 Å². The van der Waals surface area contributed by atoms with Crippen LogP contribution in [0, 0.1) is 11.3 Å². The minimum absolute atomic E-state index is 0.702. The van der Waals surface area contributed by atoms with Crippen molar-refractivity contribution >= 4 is 5.82 Å². The SMILES string of the molecule is N#Cc1cc2c(nc1NCCC1=CCCCC1)CCCC2. The van der Waals surface area contributed by atoms with Crippen molar-refractivity contribution in [3.8, 4) is 6.07 Å². The van der Waals surface area contributed by atoms with Gasteiger partial charge in [0.15, 0.2) is 0 Å². The van der Waals surface area contributed by atoms with Crippen molar-refractivity contribution in [3.05, 3.63) is 34.5 Å². The zero-order chi connectivity index (χ0) is 14.5. The molecule has 1 N–H and O–H groups in total. The van der Waals surface area contributed by atoms with Crippen LogP contribution in [-0.2, 0) is 12.8 Å². The van der Waals surface area contributed by atoms with Gasteiger partial charge in [-0.2, -0.15) is 5.26 Å². The molecule has 21 heavy (non-hydrogen) atoms. The van der Waals surface area contributed by atoms with E-state index in [4.69, 9.17) is 4.98 Å². The normalized spacial score (nSPS) is 17.6. The summed E-state index contributed by atoms with van der Waals surface area (Å²) in [6.07, 6.45) is 13.2. The van der Waals surface area contributed by atoms with Crippen LogP contribution in [0.5, 0.6) is 0 Å². The second-order valence-corrected chi connectivity index (χ2v) is 6.09. The topological polar surface area (TPSA) is 48.7 Å². The summed E-state index contributed by atoms with van der Waals surface area (Å²) in [5.74, 6) is 0.787. The van der Waals surface area contributed by atoms with Gasteiger partial charge in [0, 0.05) is 12.2 Å². The fourth-order valence-electron chi connectivity index (χ4n) is 3.33. The fraction of sp³-hybridized carbons (Fsp3) is 0.556. The predicted octanol–water partition coefficient (Wildman–Crippen LogP) is 4.13. The summed E-state index contributed by atoms with van der Waals surface area (Å²) in [6, 6.07) is 4.34. The molecule has 0 saturated heterocycles. The molecule has 3 rings (SSSR count). The van der Waals surface area contributed by atoms with E-state index in [0.29, 0.717) is 5.56 Å². The largest absolute Gasteiger partial charge is 0.369 e. The van der Waals surface area contributed by atoms with Crippen molar-refractivity contribution in [1.82, 2.24) is 4.98 Å². The lowest BCUT2D eigenvalue weighted by atomic mass is 9.95. The lowest BCUT2D eigenvalue weighted by molar-refractivity contribution is 0.666. The van der Waals surface area contributed by atoms with Gasteiger partial charge in [0.25, 0.3) is 0 Å². The highest BCUT2D eigenvalue weighted by atomic mass is 15.0. The van der Waals surface area contributed by atoms with Gasteiger partial charge in [-0.3, -0.25) is 0 Å². The Morgan fingerprint density at radius 1 is 1.14 bits per heavy atom. The first-order valence-electron chi connectivity index (χ1n) is 8.21. The maximum absolute atomic E-state index is 9.33. The maximum Gasteiger partial charge on any atom is 0.144 e. The minimum atomic E-state index is 0.702. The van der Waals surface area contributed by atoms with Gasteiger partial charge in [-0.25, -0.2) is 4.98 Å². The number of fused-ring (bicyclic) bond motifs is 1. The Morgan fingerprint density at radius 3 is 2.81 bits per heavy atom. The molecule has 0 saturated carbocycles. The number of hydrogen-bond acceptors (Lipinski definition) is 3. The van der Waals surface area contributed by atoms with Crippen LogP contribution in [0.25, 0.3) is 0 Å². The molecule has 3 heteroatoms. The number of hydrogen-bond donors (Lipinski definition) is 1. The molecule has 0 atom stereocenters. The van der Waals surface area contributed by atoms with Crippen LogP contribution >= 0.6 is 0 Å². The van der Waals surface area contributed by atoms with Gasteiger partial charge in [-0.1, -0.05) is 11.6 Å². The molecule has 2 aliphatic rings. The predicted molar refractivity (Wildman–Crippen MR) is 85.3 cm³/mol. The summed E-state index contributed by atoms with van der Waals surface area (Å²) in [7, 11) is 0. The minimum Gasteiger partial charge on any atom is -0.369 e. The summed E-state index contributed by atoms with van der Waals surface area (Å²) in [5.41, 5.74) is 4.73. The molecule has 1 heterocycles. The van der Waals surface area contributed by atoms with Gasteiger partial charge < -0.3 is 5.32 Å². The lowest BCUT2D eigenvalue weighted by Gasteiger charge is -2.18. The second-order valence-electron chi connectivity index (χ2n) is 6.09. The van der Waals surface area contributed by atoms with Crippen LogP contribution in [0.3, 0.4) is 0 Å². The number of aromatic nitrogens is 1. The molecule has 0 fully saturated rings. The molecule has 110 valence electrons. The number of rotatable bonds is 4. The first kappa shape index (κ1) is 14.1. The molecule has 0 aliphatic heterocycles. The van der Waals surface area contributed by atoms with Crippen LogP contribution in [-0.4, -0.2) is 11.5 Å². The van der Waals surface area contributed by atoms with Gasteiger partial charge in [0.05, 0.1) is 5.56 Å². The summed E-state index contributed by atoms with van der Waals surface area (Å²) in [5, 5.41) is 12.7. The fourth-order valence-corrected chi connectivity index (χ4v) is 3.33. The van der Waals surface area contributed by atoms with Crippen molar-refractivity contribution in [2.24, 2.45) is 0 Å². The van der Waals surface area contributed by atoms with Crippen LogP contribution in [0.1, 0.15) is 61.8 Å². The Hall–Kier alpha value is -1.82. The third kappa shape index (κ3) is 3.44. The first-order chi connectivity index (χ1) is 10.4. The lowest BCUT2D eigenvalue weighted by Crippen LogP contribution is -2.12. The summed E-state index contributed by atoms with van der Waals surface area (Å²) in [6.45, 7) is 0.881. The zero-order valence-corrected chi connectivity index (χ0v) is 12.6. The molecule has 0 unspecified atom stereocenters. The second kappa shape index (κ2) is 6.76. The number of aryl methyl sites for hydroxylation is 2. The first-order valence-corrected chi connectivity index (χ1v) is 8.21. The number of nitrogens with one attached hydrogen (secondary N) is 1. The van der Waals surface area contributed by atoms with Crippen LogP contribution in [0.4, 0.5) is 5.82 Å². The van der Waals surface area contributed by atoms with E-state index in [1.165, 1.54) is 49.8 Å². The number of anilines is 1.